The van der Waals surface area contributed by atoms with Gasteiger partial charge in [0.1, 0.15) is 18.0 Å². The van der Waals surface area contributed by atoms with Crippen LogP contribution in [0.25, 0.3) is 0 Å². The van der Waals surface area contributed by atoms with Crippen molar-refractivity contribution in [3.05, 3.63) is 41.7 Å². The molecule has 1 aromatic carbocycles. The number of sulfonamides is 1. The predicted molar refractivity (Wildman–Crippen MR) is 86.9 cm³/mol. The van der Waals surface area contributed by atoms with Crippen molar-refractivity contribution in [1.82, 2.24) is 22.9 Å². The van der Waals surface area contributed by atoms with Crippen molar-refractivity contribution >= 4 is 26.4 Å². The Kier molecular flexibility index (Phi) is 5.39. The number of benzene rings is 1. The third-order valence-electron chi connectivity index (χ3n) is 3.05. The fourth-order valence-corrected chi connectivity index (χ4v) is 3.07. The van der Waals surface area contributed by atoms with E-state index >= 15 is 0 Å². The van der Waals surface area contributed by atoms with Crippen LogP contribution in [0.5, 0.6) is 0 Å². The van der Waals surface area contributed by atoms with Gasteiger partial charge in [-0.15, -0.1) is 9.19 Å². The van der Waals surface area contributed by atoms with Gasteiger partial charge in [-0.05, 0) is 12.1 Å². The number of nitrogens with zero attached hydrogens (tertiary/aromatic N) is 6. The van der Waals surface area contributed by atoms with Crippen molar-refractivity contribution in [3.63, 3.8) is 0 Å². The lowest BCUT2D eigenvalue weighted by atomic mass is 10.2. The third-order valence-corrected chi connectivity index (χ3v) is 6.06. The summed E-state index contributed by atoms with van der Waals surface area (Å²) in [6.07, 6.45) is 1.58. The maximum atomic E-state index is 13.5. The van der Waals surface area contributed by atoms with Gasteiger partial charge >= 0.3 is 20.2 Å². The van der Waals surface area contributed by atoms with Crippen LogP contribution in [-0.2, 0) is 20.2 Å². The fourth-order valence-electron chi connectivity index (χ4n) is 1.56. The fraction of sp³-hybridized carbons (Fsp3) is 0.250. The molecule has 0 fully saturated rings. The minimum absolute atomic E-state index is 0.151. The second-order valence-corrected chi connectivity index (χ2v) is 8.88. The van der Waals surface area contributed by atoms with Gasteiger partial charge in [0.2, 0.25) is 0 Å². The summed E-state index contributed by atoms with van der Waals surface area (Å²) in [6.45, 7) is 0. The van der Waals surface area contributed by atoms with Crippen molar-refractivity contribution in [1.29, 1.82) is 0 Å². The van der Waals surface area contributed by atoms with Crippen LogP contribution in [0.2, 0.25) is 0 Å². The molecule has 0 aliphatic rings. The van der Waals surface area contributed by atoms with E-state index in [-0.39, 0.29) is 5.56 Å². The molecule has 0 amide bonds. The van der Waals surface area contributed by atoms with E-state index in [4.69, 9.17) is 0 Å². The quantitative estimate of drug-likeness (QED) is 0.485. The Morgan fingerprint density at radius 1 is 1.15 bits per heavy atom. The van der Waals surface area contributed by atoms with E-state index in [0.717, 1.165) is 36.0 Å². The molecule has 10 nitrogen and oxygen atoms in total. The van der Waals surface area contributed by atoms with Crippen LogP contribution in [0.4, 0.5) is 8.78 Å². The van der Waals surface area contributed by atoms with E-state index in [0.29, 0.717) is 14.6 Å². The van der Waals surface area contributed by atoms with Crippen LogP contribution < -0.4 is 0 Å². The number of hydrazone groups is 1. The monoisotopic (exact) mass is 408 g/mol. The molecule has 0 atom stereocenters. The summed E-state index contributed by atoms with van der Waals surface area (Å²) in [5.41, 5.74) is -0.151. The molecule has 0 aliphatic carbocycles. The predicted octanol–water partition coefficient (Wildman–Crippen LogP) is -0.135. The van der Waals surface area contributed by atoms with Gasteiger partial charge in [0.25, 0.3) is 5.16 Å². The number of hydrogen-bond donors (Lipinski definition) is 0. The number of hydrogen-bond acceptors (Lipinski definition) is 7. The molecule has 14 heteroatoms. The zero-order valence-corrected chi connectivity index (χ0v) is 15.4. The van der Waals surface area contributed by atoms with Gasteiger partial charge in [0.15, 0.2) is 0 Å². The lowest BCUT2D eigenvalue weighted by molar-refractivity contribution is 0.481. The van der Waals surface area contributed by atoms with Crippen LogP contribution in [0.1, 0.15) is 5.56 Å². The Labute approximate surface area is 148 Å². The highest BCUT2D eigenvalue weighted by Gasteiger charge is 2.27. The van der Waals surface area contributed by atoms with Crippen molar-refractivity contribution in [2.75, 3.05) is 21.1 Å². The van der Waals surface area contributed by atoms with Gasteiger partial charge in [-0.2, -0.15) is 30.7 Å². The molecule has 0 saturated carbocycles. The Bertz CT molecular complexity index is 1050. The zero-order valence-electron chi connectivity index (χ0n) is 13.8. The van der Waals surface area contributed by atoms with Crippen LogP contribution in [0.3, 0.4) is 0 Å². The lowest BCUT2D eigenvalue weighted by Crippen LogP contribution is -2.30. The first-order chi connectivity index (χ1) is 12.0. The Morgan fingerprint density at radius 2 is 1.81 bits per heavy atom. The molecule has 142 valence electrons. The van der Waals surface area contributed by atoms with Crippen LogP contribution in [0, 0.1) is 11.6 Å². The molecule has 0 spiro atoms. The standard InChI is InChI=1S/C12H14F2N6O4S2/c1-18(2)26(23,24)20-8-15-12(17-20)25(21,22)19(3)16-7-9-4-5-10(13)6-11(9)14/h4-8H,1-3H3/b16-7+. The molecule has 2 rings (SSSR count). The maximum Gasteiger partial charge on any atom is 0.323 e. The lowest BCUT2D eigenvalue weighted by Gasteiger charge is -2.11. The van der Waals surface area contributed by atoms with Gasteiger partial charge in [0, 0.05) is 32.8 Å². The van der Waals surface area contributed by atoms with Crippen LogP contribution in [-0.4, -0.2) is 67.1 Å². The smallest absolute Gasteiger partial charge is 0.207 e. The first kappa shape index (κ1) is 19.9. The summed E-state index contributed by atoms with van der Waals surface area (Å²) in [5.74, 6) is -1.73. The molecule has 0 N–H and O–H groups in total. The second kappa shape index (κ2) is 7.05. The summed E-state index contributed by atoms with van der Waals surface area (Å²) < 4.78 is 76.4. The first-order valence-electron chi connectivity index (χ1n) is 6.79. The normalized spacial score (nSPS) is 12.8. The van der Waals surface area contributed by atoms with Crippen molar-refractivity contribution < 1.29 is 25.6 Å². The topological polar surface area (TPSA) is 118 Å². The Morgan fingerprint density at radius 3 is 2.38 bits per heavy atom. The van der Waals surface area contributed by atoms with E-state index in [1.807, 2.05) is 0 Å². The highest BCUT2D eigenvalue weighted by atomic mass is 32.2. The highest BCUT2D eigenvalue weighted by Crippen LogP contribution is 2.12. The maximum absolute atomic E-state index is 13.5. The van der Waals surface area contributed by atoms with Gasteiger partial charge in [-0.25, -0.2) is 13.8 Å². The summed E-state index contributed by atoms with van der Waals surface area (Å²) in [4.78, 5) is 3.46. The zero-order chi connectivity index (χ0) is 19.7. The van der Waals surface area contributed by atoms with E-state index in [1.54, 1.807) is 0 Å². The Balaban J connectivity index is 2.30. The minimum atomic E-state index is -4.38. The number of halogens is 2. The second-order valence-electron chi connectivity index (χ2n) is 5.04. The van der Waals surface area contributed by atoms with E-state index in [9.17, 15) is 25.6 Å². The van der Waals surface area contributed by atoms with Gasteiger partial charge in [0.05, 0.1) is 6.21 Å². The van der Waals surface area contributed by atoms with Crippen LogP contribution >= 0.6 is 0 Å². The van der Waals surface area contributed by atoms with Gasteiger partial charge in [-0.3, -0.25) is 0 Å². The van der Waals surface area contributed by atoms with Crippen LogP contribution in [0.15, 0.2) is 34.8 Å². The first-order valence-corrected chi connectivity index (χ1v) is 9.62. The molecular formula is C12H14F2N6O4S2. The molecule has 0 aliphatic heterocycles. The SMILES string of the molecule is CN(/N=C/c1ccc(F)cc1F)S(=O)(=O)c1ncn(S(=O)(=O)N(C)C)n1. The van der Waals surface area contributed by atoms with E-state index in [2.05, 4.69) is 15.2 Å². The molecular weight excluding hydrogens is 394 g/mol. The molecule has 0 unspecified atom stereocenters. The molecule has 26 heavy (non-hydrogen) atoms. The third kappa shape index (κ3) is 3.86. The van der Waals surface area contributed by atoms with Gasteiger partial charge < -0.3 is 0 Å². The van der Waals surface area contributed by atoms with Gasteiger partial charge in [-0.1, -0.05) is 0 Å². The minimum Gasteiger partial charge on any atom is -0.207 e. The molecule has 1 aromatic heterocycles. The van der Waals surface area contributed by atoms with Crippen molar-refractivity contribution in [2.24, 2.45) is 5.10 Å². The Hall–Kier alpha value is -2.45. The average molecular weight is 408 g/mol. The van der Waals surface area contributed by atoms with Crippen molar-refractivity contribution in [2.45, 2.75) is 5.16 Å². The molecule has 1 heterocycles. The van der Waals surface area contributed by atoms with E-state index in [1.165, 1.54) is 14.1 Å². The molecule has 0 bridgehead atoms. The largest absolute Gasteiger partial charge is 0.323 e. The summed E-state index contributed by atoms with van der Waals surface area (Å²) >= 11 is 0. The molecule has 0 saturated heterocycles. The highest BCUT2D eigenvalue weighted by molar-refractivity contribution is 7.89. The summed E-state index contributed by atoms with van der Waals surface area (Å²) in [7, 11) is -4.93. The number of rotatable bonds is 6. The molecule has 0 radical (unpaired) electrons. The molecule has 2 aromatic rings. The van der Waals surface area contributed by atoms with E-state index < -0.39 is 37.0 Å². The summed E-state index contributed by atoms with van der Waals surface area (Å²) in [5, 5.41) is 6.16. The van der Waals surface area contributed by atoms with Crippen molar-refractivity contribution in [3.8, 4) is 0 Å². The summed E-state index contributed by atoms with van der Waals surface area (Å²) in [6, 6.07) is 2.67. The average Bonchev–Trinajstić information content (AvgIpc) is 3.05. The number of aromatic nitrogens is 3.